The molecule has 1 atom stereocenters. The highest BCUT2D eigenvalue weighted by molar-refractivity contribution is 5.86. The van der Waals surface area contributed by atoms with Gasteiger partial charge in [0.1, 0.15) is 0 Å². The van der Waals surface area contributed by atoms with E-state index in [0.29, 0.717) is 6.04 Å². The molecule has 1 nitrogen and oxygen atoms in total. The minimum absolute atomic E-state index is 0.493. The second-order valence-electron chi connectivity index (χ2n) is 5.57. The van der Waals surface area contributed by atoms with Crippen LogP contribution >= 0.6 is 0 Å². The molecule has 2 aromatic carbocycles. The summed E-state index contributed by atoms with van der Waals surface area (Å²) in [6.45, 7) is 5.60. The van der Waals surface area contributed by atoms with Gasteiger partial charge in [0.2, 0.25) is 0 Å². The summed E-state index contributed by atoms with van der Waals surface area (Å²) in [5, 5.41) is 6.49. The molecule has 0 amide bonds. The SMILES string of the molecule is CCCCCC(NCCC)c1cccc2ccccc12. The Labute approximate surface area is 123 Å². The average molecular weight is 269 g/mol. The minimum atomic E-state index is 0.493. The molecule has 0 fully saturated rings. The maximum atomic E-state index is 3.74. The lowest BCUT2D eigenvalue weighted by Crippen LogP contribution is -2.22. The lowest BCUT2D eigenvalue weighted by atomic mass is 9.95. The van der Waals surface area contributed by atoms with Crippen LogP contribution in [-0.2, 0) is 0 Å². The number of fused-ring (bicyclic) bond motifs is 1. The van der Waals surface area contributed by atoms with E-state index >= 15 is 0 Å². The van der Waals surface area contributed by atoms with Crippen molar-refractivity contribution >= 4 is 10.8 Å². The van der Waals surface area contributed by atoms with Crippen LogP contribution in [0.4, 0.5) is 0 Å². The van der Waals surface area contributed by atoms with Gasteiger partial charge in [0.05, 0.1) is 0 Å². The summed E-state index contributed by atoms with van der Waals surface area (Å²) in [6, 6.07) is 15.9. The fourth-order valence-corrected chi connectivity index (χ4v) is 2.84. The van der Waals surface area contributed by atoms with Crippen LogP contribution in [0.1, 0.15) is 57.6 Å². The largest absolute Gasteiger partial charge is 0.310 e. The van der Waals surface area contributed by atoms with Gasteiger partial charge in [-0.3, -0.25) is 0 Å². The third-order valence-electron chi connectivity index (χ3n) is 3.94. The second-order valence-corrected chi connectivity index (χ2v) is 5.57. The minimum Gasteiger partial charge on any atom is -0.310 e. The Morgan fingerprint density at radius 3 is 2.50 bits per heavy atom. The Balaban J connectivity index is 2.24. The molecule has 0 aliphatic rings. The van der Waals surface area contributed by atoms with Crippen molar-refractivity contribution in [3.63, 3.8) is 0 Å². The molecule has 1 heteroatoms. The molecule has 0 aliphatic heterocycles. The van der Waals surface area contributed by atoms with E-state index in [1.165, 1.54) is 48.4 Å². The summed E-state index contributed by atoms with van der Waals surface area (Å²) >= 11 is 0. The van der Waals surface area contributed by atoms with Crippen molar-refractivity contribution in [2.45, 2.75) is 52.0 Å². The Bertz CT molecular complexity index is 513. The van der Waals surface area contributed by atoms with Crippen LogP contribution in [0.2, 0.25) is 0 Å². The molecule has 0 saturated heterocycles. The number of unbranched alkanes of at least 4 members (excludes halogenated alkanes) is 2. The predicted molar refractivity (Wildman–Crippen MR) is 89.1 cm³/mol. The lowest BCUT2D eigenvalue weighted by molar-refractivity contribution is 0.477. The van der Waals surface area contributed by atoms with Gasteiger partial charge in [-0.05, 0) is 35.7 Å². The first kappa shape index (κ1) is 15.1. The van der Waals surface area contributed by atoms with Crippen molar-refractivity contribution in [1.29, 1.82) is 0 Å². The van der Waals surface area contributed by atoms with E-state index in [4.69, 9.17) is 0 Å². The maximum Gasteiger partial charge on any atom is 0.0326 e. The standard InChI is InChI=1S/C19H27N/c1-3-5-6-14-19(20-15-4-2)18-13-9-11-16-10-7-8-12-17(16)18/h7-13,19-20H,3-6,14-15H2,1-2H3. The lowest BCUT2D eigenvalue weighted by Gasteiger charge is -2.21. The Morgan fingerprint density at radius 1 is 0.900 bits per heavy atom. The Morgan fingerprint density at radius 2 is 1.70 bits per heavy atom. The molecule has 0 saturated carbocycles. The van der Waals surface area contributed by atoms with Gasteiger partial charge in [-0.25, -0.2) is 0 Å². The molecule has 20 heavy (non-hydrogen) atoms. The van der Waals surface area contributed by atoms with Crippen molar-refractivity contribution in [2.75, 3.05) is 6.54 Å². The van der Waals surface area contributed by atoms with Crippen molar-refractivity contribution in [2.24, 2.45) is 0 Å². The van der Waals surface area contributed by atoms with Crippen molar-refractivity contribution < 1.29 is 0 Å². The zero-order valence-electron chi connectivity index (χ0n) is 12.9. The molecule has 0 bridgehead atoms. The zero-order valence-corrected chi connectivity index (χ0v) is 12.9. The summed E-state index contributed by atoms with van der Waals surface area (Å²) in [7, 11) is 0. The van der Waals surface area contributed by atoms with Crippen LogP contribution in [0.5, 0.6) is 0 Å². The molecule has 1 N–H and O–H groups in total. The topological polar surface area (TPSA) is 12.0 Å². The predicted octanol–water partition coefficient (Wildman–Crippen LogP) is 5.46. The van der Waals surface area contributed by atoms with Crippen molar-refractivity contribution in [3.05, 3.63) is 48.0 Å². The molecule has 0 heterocycles. The number of hydrogen-bond donors (Lipinski definition) is 1. The second kappa shape index (κ2) is 8.06. The molecule has 0 spiro atoms. The summed E-state index contributed by atoms with van der Waals surface area (Å²) in [5.74, 6) is 0. The van der Waals surface area contributed by atoms with Gasteiger partial charge < -0.3 is 5.32 Å². The van der Waals surface area contributed by atoms with Crippen LogP contribution in [-0.4, -0.2) is 6.54 Å². The van der Waals surface area contributed by atoms with E-state index in [2.05, 4.69) is 61.6 Å². The van der Waals surface area contributed by atoms with E-state index in [-0.39, 0.29) is 0 Å². The van der Waals surface area contributed by atoms with Gasteiger partial charge in [0.15, 0.2) is 0 Å². The van der Waals surface area contributed by atoms with Crippen molar-refractivity contribution in [3.8, 4) is 0 Å². The first-order valence-corrected chi connectivity index (χ1v) is 8.07. The highest BCUT2D eigenvalue weighted by Gasteiger charge is 2.12. The first-order valence-electron chi connectivity index (χ1n) is 8.07. The summed E-state index contributed by atoms with van der Waals surface area (Å²) in [4.78, 5) is 0. The number of nitrogens with one attached hydrogen (secondary N) is 1. The normalized spacial score (nSPS) is 12.7. The van der Waals surface area contributed by atoms with Crippen LogP contribution in [0.3, 0.4) is 0 Å². The molecule has 0 radical (unpaired) electrons. The van der Waals surface area contributed by atoms with Crippen LogP contribution in [0.25, 0.3) is 10.8 Å². The number of hydrogen-bond acceptors (Lipinski definition) is 1. The summed E-state index contributed by atoms with van der Waals surface area (Å²) in [5.41, 5.74) is 1.47. The van der Waals surface area contributed by atoms with E-state index in [0.717, 1.165) is 6.54 Å². The van der Waals surface area contributed by atoms with Gasteiger partial charge in [0.25, 0.3) is 0 Å². The van der Waals surface area contributed by atoms with Gasteiger partial charge >= 0.3 is 0 Å². The van der Waals surface area contributed by atoms with Gasteiger partial charge in [-0.2, -0.15) is 0 Å². The molecular formula is C19H27N. The highest BCUT2D eigenvalue weighted by Crippen LogP contribution is 2.27. The van der Waals surface area contributed by atoms with Gasteiger partial charge in [0, 0.05) is 6.04 Å². The summed E-state index contributed by atoms with van der Waals surface area (Å²) < 4.78 is 0. The quantitative estimate of drug-likeness (QED) is 0.627. The number of benzene rings is 2. The number of rotatable bonds is 8. The smallest absolute Gasteiger partial charge is 0.0326 e. The van der Waals surface area contributed by atoms with Crippen LogP contribution in [0.15, 0.2) is 42.5 Å². The zero-order chi connectivity index (χ0) is 14.2. The van der Waals surface area contributed by atoms with E-state index in [9.17, 15) is 0 Å². The average Bonchev–Trinajstić information content (AvgIpc) is 2.50. The first-order chi connectivity index (χ1) is 9.86. The maximum absolute atomic E-state index is 3.74. The molecule has 2 rings (SSSR count). The van der Waals surface area contributed by atoms with Crippen molar-refractivity contribution in [1.82, 2.24) is 5.32 Å². The fraction of sp³-hybridized carbons (Fsp3) is 0.474. The van der Waals surface area contributed by atoms with E-state index in [1.54, 1.807) is 0 Å². The van der Waals surface area contributed by atoms with E-state index < -0.39 is 0 Å². The molecule has 0 aromatic heterocycles. The molecule has 108 valence electrons. The highest BCUT2D eigenvalue weighted by atomic mass is 14.9. The molecular weight excluding hydrogens is 242 g/mol. The Kier molecular flexibility index (Phi) is 6.07. The molecule has 1 unspecified atom stereocenters. The molecule has 2 aromatic rings. The summed E-state index contributed by atoms with van der Waals surface area (Å²) in [6.07, 6.45) is 6.35. The third-order valence-corrected chi connectivity index (χ3v) is 3.94. The Hall–Kier alpha value is -1.34. The molecule has 0 aliphatic carbocycles. The van der Waals surface area contributed by atoms with Gasteiger partial charge in [-0.15, -0.1) is 0 Å². The van der Waals surface area contributed by atoms with E-state index in [1.807, 2.05) is 0 Å². The monoisotopic (exact) mass is 269 g/mol. The van der Waals surface area contributed by atoms with Crippen LogP contribution < -0.4 is 5.32 Å². The van der Waals surface area contributed by atoms with Gasteiger partial charge in [-0.1, -0.05) is 75.6 Å². The van der Waals surface area contributed by atoms with Crippen LogP contribution in [0, 0.1) is 0 Å². The third kappa shape index (κ3) is 3.83. The fourth-order valence-electron chi connectivity index (χ4n) is 2.84.